The summed E-state index contributed by atoms with van der Waals surface area (Å²) in [5, 5.41) is 7.80. The Kier molecular flexibility index (Phi) is 5.56. The minimum absolute atomic E-state index is 0.184. The van der Waals surface area contributed by atoms with Gasteiger partial charge >= 0.3 is 0 Å². The van der Waals surface area contributed by atoms with Crippen LogP contribution in [0.5, 0.6) is 0 Å². The Hall–Kier alpha value is -1.81. The van der Waals surface area contributed by atoms with Gasteiger partial charge in [0.1, 0.15) is 0 Å². The zero-order valence-corrected chi connectivity index (χ0v) is 14.8. The molecule has 3 N–H and O–H groups in total. The lowest BCUT2D eigenvalue weighted by molar-refractivity contribution is -0.122. The number of piperidine rings is 1. The van der Waals surface area contributed by atoms with Crippen LogP contribution >= 0.6 is 0 Å². The fourth-order valence-electron chi connectivity index (χ4n) is 3.80. The molecular formula is C20H29N3O. The average molecular weight is 327 g/mol. The van der Waals surface area contributed by atoms with E-state index in [0.29, 0.717) is 24.8 Å². The molecule has 1 aliphatic heterocycles. The van der Waals surface area contributed by atoms with Crippen LogP contribution in [0.15, 0.2) is 24.4 Å². The first-order chi connectivity index (χ1) is 11.6. The minimum atomic E-state index is 0.184. The predicted octanol–water partition coefficient (Wildman–Crippen LogP) is 3.16. The molecule has 1 saturated heterocycles. The SMILES string of the molecule is Cc1cccc2c(CCNC(=O)CC(C)C3CCCNC3)c[nH]c12. The highest BCUT2D eigenvalue weighted by Gasteiger charge is 2.21. The van der Waals surface area contributed by atoms with E-state index in [4.69, 9.17) is 0 Å². The number of para-hydroxylation sites is 1. The third kappa shape index (κ3) is 3.99. The van der Waals surface area contributed by atoms with E-state index in [0.717, 1.165) is 19.5 Å². The lowest BCUT2D eigenvalue weighted by Crippen LogP contribution is -2.36. The molecule has 2 aromatic rings. The molecule has 24 heavy (non-hydrogen) atoms. The molecule has 1 aromatic heterocycles. The quantitative estimate of drug-likeness (QED) is 0.763. The predicted molar refractivity (Wildman–Crippen MR) is 99.1 cm³/mol. The lowest BCUT2D eigenvalue weighted by Gasteiger charge is -2.28. The normalized spacial score (nSPS) is 19.3. The zero-order valence-electron chi connectivity index (χ0n) is 14.8. The summed E-state index contributed by atoms with van der Waals surface area (Å²) in [7, 11) is 0. The number of hydrogen-bond acceptors (Lipinski definition) is 2. The van der Waals surface area contributed by atoms with Crippen molar-refractivity contribution in [3.63, 3.8) is 0 Å². The van der Waals surface area contributed by atoms with Crippen LogP contribution in [-0.2, 0) is 11.2 Å². The summed E-state index contributed by atoms with van der Waals surface area (Å²) in [4.78, 5) is 15.6. The number of aromatic amines is 1. The van der Waals surface area contributed by atoms with Crippen LogP contribution in [0.3, 0.4) is 0 Å². The van der Waals surface area contributed by atoms with E-state index in [2.05, 4.69) is 53.9 Å². The largest absolute Gasteiger partial charge is 0.361 e. The van der Waals surface area contributed by atoms with Crippen LogP contribution in [0.4, 0.5) is 0 Å². The van der Waals surface area contributed by atoms with E-state index in [1.165, 1.54) is 34.9 Å². The minimum Gasteiger partial charge on any atom is -0.361 e. The van der Waals surface area contributed by atoms with E-state index in [1.54, 1.807) is 0 Å². The molecule has 0 saturated carbocycles. The van der Waals surface area contributed by atoms with Crippen molar-refractivity contribution in [2.45, 2.75) is 39.5 Å². The van der Waals surface area contributed by atoms with Crippen LogP contribution in [-0.4, -0.2) is 30.5 Å². The van der Waals surface area contributed by atoms with Crippen molar-refractivity contribution < 1.29 is 4.79 Å². The number of amides is 1. The Morgan fingerprint density at radius 2 is 2.29 bits per heavy atom. The Morgan fingerprint density at radius 1 is 1.42 bits per heavy atom. The van der Waals surface area contributed by atoms with E-state index in [9.17, 15) is 4.79 Å². The molecule has 1 amide bonds. The van der Waals surface area contributed by atoms with Crippen molar-refractivity contribution in [3.8, 4) is 0 Å². The molecule has 2 atom stereocenters. The molecular weight excluding hydrogens is 298 g/mol. The second kappa shape index (κ2) is 7.84. The summed E-state index contributed by atoms with van der Waals surface area (Å²) >= 11 is 0. The van der Waals surface area contributed by atoms with Crippen molar-refractivity contribution >= 4 is 16.8 Å². The monoisotopic (exact) mass is 327 g/mol. The molecule has 130 valence electrons. The molecule has 0 spiro atoms. The first kappa shape index (κ1) is 17.0. The van der Waals surface area contributed by atoms with Crippen molar-refractivity contribution in [1.82, 2.24) is 15.6 Å². The standard InChI is InChI=1S/C20H29N3O/c1-14-5-3-7-18-17(13-23-20(14)18)8-10-22-19(24)11-15(2)16-6-4-9-21-12-16/h3,5,7,13,15-16,21,23H,4,6,8-12H2,1-2H3,(H,22,24). The highest BCUT2D eigenvalue weighted by Crippen LogP contribution is 2.23. The summed E-state index contributed by atoms with van der Waals surface area (Å²) in [6, 6.07) is 6.35. The molecule has 2 heterocycles. The van der Waals surface area contributed by atoms with Crippen molar-refractivity contribution in [2.75, 3.05) is 19.6 Å². The number of aryl methyl sites for hydroxylation is 1. The molecule has 0 radical (unpaired) electrons. The van der Waals surface area contributed by atoms with Gasteiger partial charge in [0, 0.05) is 30.1 Å². The van der Waals surface area contributed by atoms with Crippen LogP contribution in [0.25, 0.3) is 10.9 Å². The van der Waals surface area contributed by atoms with E-state index >= 15 is 0 Å². The zero-order chi connectivity index (χ0) is 16.9. The van der Waals surface area contributed by atoms with Gasteiger partial charge in [0.25, 0.3) is 0 Å². The third-order valence-electron chi connectivity index (χ3n) is 5.37. The van der Waals surface area contributed by atoms with Gasteiger partial charge in [0.2, 0.25) is 5.91 Å². The van der Waals surface area contributed by atoms with Gasteiger partial charge in [-0.3, -0.25) is 4.79 Å². The molecule has 1 aromatic carbocycles. The van der Waals surface area contributed by atoms with Gasteiger partial charge in [-0.05, 0) is 62.2 Å². The fourth-order valence-corrected chi connectivity index (χ4v) is 3.80. The first-order valence-electron chi connectivity index (χ1n) is 9.18. The highest BCUT2D eigenvalue weighted by molar-refractivity contribution is 5.86. The van der Waals surface area contributed by atoms with Gasteiger partial charge in [-0.1, -0.05) is 25.1 Å². The van der Waals surface area contributed by atoms with Crippen LogP contribution in [0, 0.1) is 18.8 Å². The van der Waals surface area contributed by atoms with Gasteiger partial charge in [0.15, 0.2) is 0 Å². The van der Waals surface area contributed by atoms with Crippen LogP contribution < -0.4 is 10.6 Å². The van der Waals surface area contributed by atoms with E-state index in [1.807, 2.05) is 0 Å². The number of fused-ring (bicyclic) bond motifs is 1. The molecule has 1 aliphatic rings. The highest BCUT2D eigenvalue weighted by atomic mass is 16.1. The Balaban J connectivity index is 1.47. The van der Waals surface area contributed by atoms with E-state index in [-0.39, 0.29) is 5.91 Å². The van der Waals surface area contributed by atoms with E-state index < -0.39 is 0 Å². The number of H-pyrrole nitrogens is 1. The average Bonchev–Trinajstić information content (AvgIpc) is 3.00. The number of carbonyl (C=O) groups excluding carboxylic acids is 1. The van der Waals surface area contributed by atoms with Crippen molar-refractivity contribution in [3.05, 3.63) is 35.5 Å². The number of hydrogen-bond donors (Lipinski definition) is 3. The summed E-state index contributed by atoms with van der Waals surface area (Å²) in [6.45, 7) is 7.21. The third-order valence-corrected chi connectivity index (χ3v) is 5.37. The lowest BCUT2D eigenvalue weighted by atomic mass is 9.85. The summed E-state index contributed by atoms with van der Waals surface area (Å²) in [6.07, 6.45) is 6.06. The second-order valence-electron chi connectivity index (χ2n) is 7.20. The van der Waals surface area contributed by atoms with Crippen LogP contribution in [0.2, 0.25) is 0 Å². The molecule has 1 fully saturated rings. The van der Waals surface area contributed by atoms with Gasteiger partial charge in [-0.25, -0.2) is 0 Å². The summed E-state index contributed by atoms with van der Waals surface area (Å²) in [5.41, 5.74) is 3.74. The number of aromatic nitrogens is 1. The molecule has 0 aliphatic carbocycles. The molecule has 0 bridgehead atoms. The van der Waals surface area contributed by atoms with Gasteiger partial charge in [0.05, 0.1) is 0 Å². The topological polar surface area (TPSA) is 56.9 Å². The number of nitrogens with one attached hydrogen (secondary N) is 3. The van der Waals surface area contributed by atoms with Gasteiger partial charge in [-0.2, -0.15) is 0 Å². The number of carbonyl (C=O) groups is 1. The van der Waals surface area contributed by atoms with Crippen molar-refractivity contribution in [1.29, 1.82) is 0 Å². The maximum atomic E-state index is 12.2. The van der Waals surface area contributed by atoms with Gasteiger partial charge in [-0.15, -0.1) is 0 Å². The second-order valence-corrected chi connectivity index (χ2v) is 7.20. The van der Waals surface area contributed by atoms with Crippen LogP contribution in [0.1, 0.15) is 37.3 Å². The smallest absolute Gasteiger partial charge is 0.220 e. The molecule has 2 unspecified atom stereocenters. The van der Waals surface area contributed by atoms with Crippen molar-refractivity contribution in [2.24, 2.45) is 11.8 Å². The molecule has 4 heteroatoms. The summed E-state index contributed by atoms with van der Waals surface area (Å²) < 4.78 is 0. The number of benzene rings is 1. The maximum absolute atomic E-state index is 12.2. The van der Waals surface area contributed by atoms with Gasteiger partial charge < -0.3 is 15.6 Å². The fraction of sp³-hybridized carbons (Fsp3) is 0.550. The maximum Gasteiger partial charge on any atom is 0.220 e. The molecule has 3 rings (SSSR count). The Labute approximate surface area is 144 Å². The Bertz CT molecular complexity index is 685. The number of rotatable bonds is 6. The first-order valence-corrected chi connectivity index (χ1v) is 9.18. The Morgan fingerprint density at radius 3 is 3.08 bits per heavy atom. The summed E-state index contributed by atoms with van der Waals surface area (Å²) in [5.74, 6) is 1.28. The molecule has 4 nitrogen and oxygen atoms in total.